The highest BCUT2D eigenvalue weighted by molar-refractivity contribution is 6.09. The van der Waals surface area contributed by atoms with E-state index in [1.165, 1.54) is 26.4 Å². The van der Waals surface area contributed by atoms with E-state index in [2.05, 4.69) is 0 Å². The molecule has 44 heavy (non-hydrogen) atoms. The molecule has 7 nitrogen and oxygen atoms in total. The average molecular weight is 608 g/mol. The number of ether oxygens (including phenoxy) is 4. The van der Waals surface area contributed by atoms with E-state index in [0.29, 0.717) is 46.2 Å². The highest BCUT2D eigenvalue weighted by Gasteiger charge is 2.45. The highest BCUT2D eigenvalue weighted by atomic mass is 19.4. The molecule has 0 amide bonds. The molecule has 1 aliphatic heterocycles. The molecule has 3 atom stereocenters. The molecule has 1 aliphatic carbocycles. The van der Waals surface area contributed by atoms with Crippen LogP contribution in [0.15, 0.2) is 89.1 Å². The molecular formula is C34H32F3NO6. The van der Waals surface area contributed by atoms with E-state index in [0.717, 1.165) is 17.7 Å². The second-order valence-electron chi connectivity index (χ2n) is 10.7. The third-order valence-electron chi connectivity index (χ3n) is 7.96. The van der Waals surface area contributed by atoms with Crippen molar-refractivity contribution in [1.82, 2.24) is 0 Å². The predicted molar refractivity (Wildman–Crippen MR) is 157 cm³/mol. The fraction of sp³-hybridized carbons (Fsp3) is 0.324. The molecular weight excluding hydrogens is 575 g/mol. The van der Waals surface area contributed by atoms with Gasteiger partial charge >= 0.3 is 12.1 Å². The Morgan fingerprint density at radius 2 is 1.57 bits per heavy atom. The van der Waals surface area contributed by atoms with Gasteiger partial charge < -0.3 is 18.9 Å². The second kappa shape index (κ2) is 13.0. The van der Waals surface area contributed by atoms with Crippen molar-refractivity contribution in [3.63, 3.8) is 0 Å². The Morgan fingerprint density at radius 3 is 2.23 bits per heavy atom. The Labute approximate surface area is 253 Å². The molecule has 10 heteroatoms. The van der Waals surface area contributed by atoms with Crippen molar-refractivity contribution in [2.24, 2.45) is 10.9 Å². The van der Waals surface area contributed by atoms with Gasteiger partial charge in [-0.15, -0.1) is 0 Å². The van der Waals surface area contributed by atoms with Gasteiger partial charge in [-0.25, -0.2) is 0 Å². The lowest BCUT2D eigenvalue weighted by Gasteiger charge is -2.36. The number of alkyl halides is 3. The maximum absolute atomic E-state index is 13.9. The van der Waals surface area contributed by atoms with E-state index in [9.17, 15) is 22.8 Å². The third-order valence-corrected chi connectivity index (χ3v) is 7.96. The number of hydrogen-bond donors (Lipinski definition) is 0. The molecule has 0 spiro atoms. The van der Waals surface area contributed by atoms with Crippen LogP contribution in [0.2, 0.25) is 0 Å². The van der Waals surface area contributed by atoms with Crippen LogP contribution in [0.25, 0.3) is 0 Å². The second-order valence-corrected chi connectivity index (χ2v) is 10.7. The smallest absolute Gasteiger partial charge is 0.416 e. The van der Waals surface area contributed by atoms with E-state index in [1.54, 1.807) is 25.1 Å². The summed E-state index contributed by atoms with van der Waals surface area (Å²) in [6, 6.07) is 19.1. The summed E-state index contributed by atoms with van der Waals surface area (Å²) in [6.07, 6.45) is -4.00. The third kappa shape index (κ3) is 6.49. The lowest BCUT2D eigenvalue weighted by Crippen LogP contribution is -2.38. The summed E-state index contributed by atoms with van der Waals surface area (Å²) in [5.74, 6) is -1.22. The predicted octanol–water partition coefficient (Wildman–Crippen LogP) is 6.92. The van der Waals surface area contributed by atoms with Crippen molar-refractivity contribution in [3.8, 4) is 17.2 Å². The van der Waals surface area contributed by atoms with Crippen molar-refractivity contribution >= 4 is 17.5 Å². The SMILES string of the molecule is COc1ccc([C@H]2CC(=O)C3=C(C2)N=C(C)C(C(=O)OCCOc2ccccc2)[C@@H]3c2ccc(C(F)(F)F)cc2)cc1OC. The van der Waals surface area contributed by atoms with Crippen LogP contribution in [0.5, 0.6) is 17.2 Å². The minimum atomic E-state index is -4.53. The quantitative estimate of drug-likeness (QED) is 0.194. The van der Waals surface area contributed by atoms with Gasteiger partial charge in [0, 0.05) is 29.3 Å². The molecule has 1 heterocycles. The molecule has 3 aromatic rings. The number of ketones is 1. The maximum Gasteiger partial charge on any atom is 0.416 e. The average Bonchev–Trinajstić information content (AvgIpc) is 3.02. The number of para-hydroxylation sites is 1. The van der Waals surface area contributed by atoms with E-state index < -0.39 is 29.5 Å². The molecule has 0 bridgehead atoms. The number of rotatable bonds is 9. The number of carbonyl (C=O) groups excluding carboxylic acids is 2. The molecule has 3 aromatic carbocycles. The fourth-order valence-corrected chi connectivity index (χ4v) is 5.86. The number of nitrogens with zero attached hydrogens (tertiary/aromatic N) is 1. The van der Waals surface area contributed by atoms with Gasteiger partial charge in [-0.3, -0.25) is 14.6 Å². The van der Waals surface area contributed by atoms with Crippen LogP contribution in [0.1, 0.15) is 48.3 Å². The van der Waals surface area contributed by atoms with Gasteiger partial charge in [0.2, 0.25) is 0 Å². The van der Waals surface area contributed by atoms with Crippen molar-refractivity contribution in [3.05, 3.63) is 101 Å². The molecule has 1 unspecified atom stereocenters. The number of methoxy groups -OCH3 is 2. The number of allylic oxidation sites excluding steroid dienone is 2. The number of benzene rings is 3. The summed E-state index contributed by atoms with van der Waals surface area (Å²) in [5, 5.41) is 0. The molecule has 2 aliphatic rings. The maximum atomic E-state index is 13.9. The Bertz CT molecular complexity index is 1580. The van der Waals surface area contributed by atoms with Gasteiger partial charge in [0.15, 0.2) is 17.3 Å². The number of esters is 1. The largest absolute Gasteiger partial charge is 0.493 e. The van der Waals surface area contributed by atoms with Crippen LogP contribution in [-0.2, 0) is 20.5 Å². The van der Waals surface area contributed by atoms with Crippen LogP contribution in [0.3, 0.4) is 0 Å². The first-order valence-corrected chi connectivity index (χ1v) is 14.2. The summed E-state index contributed by atoms with van der Waals surface area (Å²) in [5.41, 5.74) is 1.71. The van der Waals surface area contributed by atoms with Crippen molar-refractivity contribution in [2.75, 3.05) is 27.4 Å². The minimum absolute atomic E-state index is 0.0571. The van der Waals surface area contributed by atoms with E-state index >= 15 is 0 Å². The molecule has 0 saturated carbocycles. The van der Waals surface area contributed by atoms with Crippen molar-refractivity contribution in [1.29, 1.82) is 0 Å². The van der Waals surface area contributed by atoms with Gasteiger partial charge in [0.1, 0.15) is 24.9 Å². The van der Waals surface area contributed by atoms with E-state index in [-0.39, 0.29) is 31.3 Å². The number of carbonyl (C=O) groups is 2. The van der Waals surface area contributed by atoms with Crippen LogP contribution < -0.4 is 14.2 Å². The number of halogens is 3. The normalized spacial score (nSPS) is 20.0. The lowest BCUT2D eigenvalue weighted by atomic mass is 9.69. The molecule has 0 saturated heterocycles. The zero-order chi connectivity index (χ0) is 31.4. The summed E-state index contributed by atoms with van der Waals surface area (Å²) in [6.45, 7) is 1.72. The van der Waals surface area contributed by atoms with Crippen LogP contribution in [-0.4, -0.2) is 44.9 Å². The van der Waals surface area contributed by atoms with Crippen molar-refractivity contribution in [2.45, 2.75) is 37.8 Å². The molecule has 0 radical (unpaired) electrons. The fourth-order valence-electron chi connectivity index (χ4n) is 5.86. The summed E-state index contributed by atoms with van der Waals surface area (Å²) >= 11 is 0. The Morgan fingerprint density at radius 1 is 0.886 bits per heavy atom. The highest BCUT2D eigenvalue weighted by Crippen LogP contribution is 2.48. The number of Topliss-reactive ketones (excluding diaryl/α,β-unsaturated/α-hetero) is 1. The number of hydrogen-bond acceptors (Lipinski definition) is 7. The summed E-state index contributed by atoms with van der Waals surface area (Å²) in [4.78, 5) is 32.1. The molecule has 230 valence electrons. The Balaban J connectivity index is 1.45. The lowest BCUT2D eigenvalue weighted by molar-refractivity contribution is -0.147. The van der Waals surface area contributed by atoms with Gasteiger partial charge in [0.05, 0.1) is 19.8 Å². The summed E-state index contributed by atoms with van der Waals surface area (Å²) in [7, 11) is 3.07. The van der Waals surface area contributed by atoms with Gasteiger partial charge in [-0.2, -0.15) is 13.2 Å². The minimum Gasteiger partial charge on any atom is -0.493 e. The Hall–Kier alpha value is -4.60. The first-order chi connectivity index (χ1) is 21.1. The van der Waals surface area contributed by atoms with Gasteiger partial charge in [-0.1, -0.05) is 36.4 Å². The zero-order valence-corrected chi connectivity index (χ0v) is 24.5. The monoisotopic (exact) mass is 607 g/mol. The van der Waals surface area contributed by atoms with E-state index in [4.69, 9.17) is 23.9 Å². The van der Waals surface area contributed by atoms with Crippen molar-refractivity contribution < 1.29 is 41.7 Å². The number of aliphatic imine (C=N–C) groups is 1. The van der Waals surface area contributed by atoms with Crippen LogP contribution >= 0.6 is 0 Å². The molecule has 0 aromatic heterocycles. The molecule has 0 fully saturated rings. The van der Waals surface area contributed by atoms with Crippen LogP contribution in [0.4, 0.5) is 13.2 Å². The van der Waals surface area contributed by atoms with E-state index in [1.807, 2.05) is 30.3 Å². The first kappa shape index (κ1) is 30.8. The Kier molecular flexibility index (Phi) is 9.08. The summed E-state index contributed by atoms with van der Waals surface area (Å²) < 4.78 is 62.1. The molecule has 0 N–H and O–H groups in total. The van der Waals surface area contributed by atoms with Gasteiger partial charge in [0.25, 0.3) is 0 Å². The molecule has 5 rings (SSSR count). The topological polar surface area (TPSA) is 83.4 Å². The standard InChI is InChI=1S/C34H32F3NO6/c1-20-30(33(40)44-16-15-43-25-7-5-4-6-8-25)31(21-9-12-24(13-10-21)34(35,36)37)32-26(38-20)17-23(18-27(32)39)22-11-14-28(41-2)29(19-22)42-3/h4-14,19,23,30-31H,15-18H2,1-3H3/t23-,30?,31+/m1/s1. The van der Waals surface area contributed by atoms with Crippen LogP contribution in [0, 0.1) is 5.92 Å². The zero-order valence-electron chi connectivity index (χ0n) is 24.5. The van der Waals surface area contributed by atoms with Gasteiger partial charge in [-0.05, 0) is 66.8 Å². The first-order valence-electron chi connectivity index (χ1n) is 14.2.